The molecule has 0 spiro atoms. The van der Waals surface area contributed by atoms with Crippen LogP contribution in [0.5, 0.6) is 0 Å². The number of benzene rings is 1. The van der Waals surface area contributed by atoms with Crippen molar-refractivity contribution in [3.63, 3.8) is 0 Å². The number of fused-ring (bicyclic) bond motifs is 2. The summed E-state index contributed by atoms with van der Waals surface area (Å²) in [6.45, 7) is 6.29. The maximum absolute atomic E-state index is 12.5. The highest BCUT2D eigenvalue weighted by Gasteiger charge is 2.55. The Morgan fingerprint density at radius 1 is 1.20 bits per heavy atom. The third-order valence-electron chi connectivity index (χ3n) is 5.30. The molecule has 0 aliphatic heterocycles. The number of Topliss-reactive ketones (excluding diaryl/α,β-unsaturated/α-hetero) is 1. The number of rotatable bonds is 2. The molecule has 0 saturated heterocycles. The second-order valence-electron chi connectivity index (χ2n) is 6.71. The molecule has 0 amide bonds. The summed E-state index contributed by atoms with van der Waals surface area (Å²) in [5.41, 5.74) is 2.99. The van der Waals surface area contributed by atoms with Crippen molar-refractivity contribution in [2.24, 2.45) is 11.3 Å². The van der Waals surface area contributed by atoms with Crippen LogP contribution in [0.2, 0.25) is 0 Å². The summed E-state index contributed by atoms with van der Waals surface area (Å²) in [6.07, 6.45) is 3.66. The molecule has 3 aliphatic carbocycles. The van der Waals surface area contributed by atoms with Crippen molar-refractivity contribution in [3.05, 3.63) is 41.5 Å². The minimum Gasteiger partial charge on any atom is -0.378 e. The largest absolute Gasteiger partial charge is 0.378 e. The molecule has 1 unspecified atom stereocenters. The molecule has 0 radical (unpaired) electrons. The first kappa shape index (κ1) is 13.6. The van der Waals surface area contributed by atoms with E-state index in [1.165, 1.54) is 16.7 Å². The van der Waals surface area contributed by atoms with Gasteiger partial charge in [-0.15, -0.1) is 0 Å². The molecule has 1 aromatic carbocycles. The summed E-state index contributed by atoms with van der Waals surface area (Å²) >= 11 is 0. The molecule has 1 fully saturated rings. The van der Waals surface area contributed by atoms with Crippen molar-refractivity contribution >= 4 is 11.4 Å². The zero-order chi connectivity index (χ0) is 14.5. The molecule has 1 saturated carbocycles. The van der Waals surface area contributed by atoms with E-state index in [4.69, 9.17) is 4.74 Å². The van der Waals surface area contributed by atoms with Gasteiger partial charge in [0.05, 0.1) is 11.0 Å². The number of ketones is 1. The molecule has 3 aliphatic rings. The van der Waals surface area contributed by atoms with Crippen molar-refractivity contribution < 1.29 is 9.53 Å². The average molecular weight is 270 g/mol. The zero-order valence-electron chi connectivity index (χ0n) is 12.7. The molecule has 0 heterocycles. The molecule has 4 rings (SSSR count). The van der Waals surface area contributed by atoms with Crippen LogP contribution in [0.4, 0.5) is 0 Å². The van der Waals surface area contributed by atoms with Gasteiger partial charge in [0.2, 0.25) is 0 Å². The van der Waals surface area contributed by atoms with Gasteiger partial charge in [-0.3, -0.25) is 4.79 Å². The minimum absolute atomic E-state index is 0.193. The van der Waals surface area contributed by atoms with Crippen molar-refractivity contribution in [2.45, 2.75) is 39.2 Å². The molecule has 0 N–H and O–H groups in total. The summed E-state index contributed by atoms with van der Waals surface area (Å²) < 4.78 is 5.73. The summed E-state index contributed by atoms with van der Waals surface area (Å²) in [6, 6.07) is 8.48. The van der Waals surface area contributed by atoms with E-state index in [2.05, 4.69) is 51.1 Å². The Kier molecular flexibility index (Phi) is 2.91. The third kappa shape index (κ3) is 1.78. The Morgan fingerprint density at radius 3 is 2.45 bits per heavy atom. The fourth-order valence-corrected chi connectivity index (χ4v) is 3.81. The number of carbonyl (C=O) groups is 1. The van der Waals surface area contributed by atoms with Crippen LogP contribution in [0.3, 0.4) is 0 Å². The topological polar surface area (TPSA) is 26.3 Å². The smallest absolute Gasteiger partial charge is 0.143 e. The first-order chi connectivity index (χ1) is 9.39. The predicted molar refractivity (Wildman–Crippen MR) is 80.4 cm³/mol. The van der Waals surface area contributed by atoms with Crippen LogP contribution in [-0.2, 0) is 9.53 Å². The summed E-state index contributed by atoms with van der Waals surface area (Å²) in [5.74, 6) is 0.549. The Labute approximate surface area is 120 Å². The molecule has 0 aromatic heterocycles. The molecule has 2 heteroatoms. The van der Waals surface area contributed by atoms with Gasteiger partial charge in [0.1, 0.15) is 5.78 Å². The molecule has 2 nitrogen and oxygen atoms in total. The number of allylic oxidation sites excluding steroid dienone is 1. The lowest BCUT2D eigenvalue weighted by atomic mass is 9.54. The van der Waals surface area contributed by atoms with Crippen LogP contribution in [0.25, 0.3) is 5.57 Å². The number of methoxy groups -OCH3 is 1. The van der Waals surface area contributed by atoms with Crippen molar-refractivity contribution in [1.82, 2.24) is 0 Å². The number of ether oxygens (including phenoxy) is 1. The average Bonchev–Trinajstić information content (AvgIpc) is 2.42. The Balaban J connectivity index is 2.10. The van der Waals surface area contributed by atoms with Gasteiger partial charge in [0.15, 0.2) is 0 Å². The minimum atomic E-state index is -0.408. The number of aryl methyl sites for hydroxylation is 1. The molecule has 3 atom stereocenters. The van der Waals surface area contributed by atoms with E-state index in [9.17, 15) is 4.79 Å². The lowest BCUT2D eigenvalue weighted by Gasteiger charge is -2.52. The summed E-state index contributed by atoms with van der Waals surface area (Å²) in [4.78, 5) is 12.5. The molecule has 20 heavy (non-hydrogen) atoms. The molecular weight excluding hydrogens is 248 g/mol. The lowest BCUT2D eigenvalue weighted by molar-refractivity contribution is -0.144. The van der Waals surface area contributed by atoms with E-state index in [0.717, 1.165) is 6.42 Å². The van der Waals surface area contributed by atoms with Crippen molar-refractivity contribution in [1.29, 1.82) is 0 Å². The Morgan fingerprint density at radius 2 is 1.85 bits per heavy atom. The van der Waals surface area contributed by atoms with Crippen molar-refractivity contribution in [3.8, 4) is 0 Å². The summed E-state index contributed by atoms with van der Waals surface area (Å²) in [7, 11) is 1.76. The normalized spacial score (nSPS) is 36.1. The molecule has 106 valence electrons. The molecule has 1 aromatic rings. The standard InChI is InChI=1S/C18H22O2/c1-12-5-7-13(8-6-12)15-9-14-10-16(19)17(15,2)11-18(14,3)20-4/h5-9,14H,10-11H2,1-4H3/t14-,17+,18?/m1/s1. The highest BCUT2D eigenvalue weighted by Crippen LogP contribution is 2.56. The SMILES string of the molecule is COC1(C)C[C@]2(C)C(=O)C[C@H]1C=C2c1ccc(C)cc1. The van der Waals surface area contributed by atoms with Crippen LogP contribution in [0.15, 0.2) is 30.3 Å². The zero-order valence-corrected chi connectivity index (χ0v) is 12.7. The van der Waals surface area contributed by atoms with Crippen molar-refractivity contribution in [2.75, 3.05) is 7.11 Å². The number of hydrogen-bond donors (Lipinski definition) is 0. The quantitative estimate of drug-likeness (QED) is 0.817. The van der Waals surface area contributed by atoms with Crippen LogP contribution in [-0.4, -0.2) is 18.5 Å². The fraction of sp³-hybridized carbons (Fsp3) is 0.500. The second kappa shape index (κ2) is 4.29. The fourth-order valence-electron chi connectivity index (χ4n) is 3.81. The predicted octanol–water partition coefficient (Wildman–Crippen LogP) is 3.78. The van der Waals surface area contributed by atoms with Gasteiger partial charge >= 0.3 is 0 Å². The Hall–Kier alpha value is -1.41. The lowest BCUT2D eigenvalue weighted by Crippen LogP contribution is -2.54. The van der Waals surface area contributed by atoms with Crippen LogP contribution >= 0.6 is 0 Å². The van der Waals surface area contributed by atoms with Gasteiger partial charge in [0, 0.05) is 19.4 Å². The highest BCUT2D eigenvalue weighted by molar-refractivity contribution is 6.01. The molecular formula is C18H22O2. The van der Waals surface area contributed by atoms with Gasteiger partial charge in [-0.2, -0.15) is 0 Å². The summed E-state index contributed by atoms with van der Waals surface area (Å²) in [5, 5.41) is 0. The van der Waals surface area contributed by atoms with Crippen LogP contribution < -0.4 is 0 Å². The van der Waals surface area contributed by atoms with Gasteiger partial charge in [0.25, 0.3) is 0 Å². The van der Waals surface area contributed by atoms with Gasteiger partial charge in [-0.25, -0.2) is 0 Å². The highest BCUT2D eigenvalue weighted by atomic mass is 16.5. The van der Waals surface area contributed by atoms with Crippen LogP contribution in [0, 0.1) is 18.3 Å². The van der Waals surface area contributed by atoms with Crippen LogP contribution in [0.1, 0.15) is 37.8 Å². The third-order valence-corrected chi connectivity index (χ3v) is 5.30. The Bertz CT molecular complexity index is 584. The maximum Gasteiger partial charge on any atom is 0.143 e. The second-order valence-corrected chi connectivity index (χ2v) is 6.71. The first-order valence-electron chi connectivity index (χ1n) is 7.27. The first-order valence-corrected chi connectivity index (χ1v) is 7.27. The van der Waals surface area contributed by atoms with E-state index < -0.39 is 5.41 Å². The van der Waals surface area contributed by atoms with E-state index in [1.807, 2.05) is 0 Å². The number of hydrogen-bond acceptors (Lipinski definition) is 2. The van der Waals surface area contributed by atoms with Gasteiger partial charge in [-0.1, -0.05) is 35.9 Å². The van der Waals surface area contributed by atoms with E-state index in [-0.39, 0.29) is 11.5 Å². The van der Waals surface area contributed by atoms with Gasteiger partial charge < -0.3 is 4.74 Å². The molecule has 2 bridgehead atoms. The van der Waals surface area contributed by atoms with E-state index >= 15 is 0 Å². The maximum atomic E-state index is 12.5. The van der Waals surface area contributed by atoms with E-state index in [0.29, 0.717) is 12.2 Å². The number of carbonyl (C=O) groups excluding carboxylic acids is 1. The van der Waals surface area contributed by atoms with E-state index in [1.54, 1.807) is 7.11 Å². The van der Waals surface area contributed by atoms with Gasteiger partial charge in [-0.05, 0) is 38.3 Å². The monoisotopic (exact) mass is 270 g/mol.